The van der Waals surface area contributed by atoms with Crippen molar-refractivity contribution in [2.75, 3.05) is 26.7 Å². The SMILES string of the molecule is CCCOCc1ccccc1CNC(=NC)NC1CCN(C(=O)C2CCCCC2)C1.I. The Bertz CT molecular complexity index is 707. The number of likely N-dealkylation sites (tertiary alicyclic amines) is 1. The van der Waals surface area contributed by atoms with Gasteiger partial charge in [-0.05, 0) is 36.8 Å². The summed E-state index contributed by atoms with van der Waals surface area (Å²) in [5.41, 5.74) is 2.43. The number of aliphatic imine (C=N–C) groups is 1. The van der Waals surface area contributed by atoms with Crippen molar-refractivity contribution in [3.05, 3.63) is 35.4 Å². The Balaban J connectivity index is 0.00000341. The Hall–Kier alpha value is -1.35. The van der Waals surface area contributed by atoms with E-state index in [1.807, 2.05) is 0 Å². The molecule has 0 radical (unpaired) electrons. The predicted octanol–water partition coefficient (Wildman–Crippen LogP) is 4.08. The zero-order valence-corrected chi connectivity index (χ0v) is 21.4. The van der Waals surface area contributed by atoms with Crippen molar-refractivity contribution in [2.24, 2.45) is 10.9 Å². The molecule has 2 fully saturated rings. The predicted molar refractivity (Wildman–Crippen MR) is 137 cm³/mol. The average Bonchev–Trinajstić information content (AvgIpc) is 3.26. The fourth-order valence-electron chi connectivity index (χ4n) is 4.45. The van der Waals surface area contributed by atoms with E-state index in [0.29, 0.717) is 19.1 Å². The second kappa shape index (κ2) is 13.9. The zero-order chi connectivity index (χ0) is 21.2. The van der Waals surface area contributed by atoms with Crippen molar-refractivity contribution >= 4 is 35.8 Å². The van der Waals surface area contributed by atoms with Crippen LogP contribution in [0.15, 0.2) is 29.3 Å². The van der Waals surface area contributed by atoms with Crippen LogP contribution >= 0.6 is 24.0 Å². The molecule has 1 saturated carbocycles. The van der Waals surface area contributed by atoms with E-state index >= 15 is 0 Å². The van der Waals surface area contributed by atoms with Gasteiger partial charge in [-0.1, -0.05) is 50.5 Å². The Morgan fingerprint density at radius 1 is 1.16 bits per heavy atom. The summed E-state index contributed by atoms with van der Waals surface area (Å²) in [6.45, 7) is 5.86. The lowest BCUT2D eigenvalue weighted by atomic mass is 9.88. The zero-order valence-electron chi connectivity index (χ0n) is 19.1. The minimum Gasteiger partial charge on any atom is -0.377 e. The van der Waals surface area contributed by atoms with E-state index in [0.717, 1.165) is 51.3 Å². The van der Waals surface area contributed by atoms with Crippen LogP contribution in [0.25, 0.3) is 0 Å². The first kappa shape index (κ1) is 25.9. The van der Waals surface area contributed by atoms with Crippen molar-refractivity contribution in [2.45, 2.75) is 71.1 Å². The third-order valence-electron chi connectivity index (χ3n) is 6.19. The first-order valence-corrected chi connectivity index (χ1v) is 11.6. The van der Waals surface area contributed by atoms with Crippen LogP contribution in [0, 0.1) is 5.92 Å². The van der Waals surface area contributed by atoms with Crippen molar-refractivity contribution in [1.29, 1.82) is 0 Å². The molecule has 7 heteroatoms. The monoisotopic (exact) mass is 542 g/mol. The smallest absolute Gasteiger partial charge is 0.225 e. The maximum Gasteiger partial charge on any atom is 0.225 e. The third-order valence-corrected chi connectivity index (χ3v) is 6.19. The molecule has 1 heterocycles. The lowest BCUT2D eigenvalue weighted by Crippen LogP contribution is -2.45. The molecule has 0 bridgehead atoms. The minimum atomic E-state index is 0. The first-order valence-electron chi connectivity index (χ1n) is 11.6. The van der Waals surface area contributed by atoms with Crippen LogP contribution in [0.2, 0.25) is 0 Å². The van der Waals surface area contributed by atoms with E-state index in [9.17, 15) is 4.79 Å². The number of nitrogens with one attached hydrogen (secondary N) is 2. The van der Waals surface area contributed by atoms with Crippen LogP contribution in [0.1, 0.15) is 63.0 Å². The summed E-state index contributed by atoms with van der Waals surface area (Å²) in [4.78, 5) is 19.2. The van der Waals surface area contributed by atoms with E-state index in [-0.39, 0.29) is 35.9 Å². The molecule has 1 aliphatic carbocycles. The maximum absolute atomic E-state index is 12.8. The maximum atomic E-state index is 12.8. The van der Waals surface area contributed by atoms with Crippen molar-refractivity contribution in [1.82, 2.24) is 15.5 Å². The fraction of sp³-hybridized carbons (Fsp3) is 0.667. The van der Waals surface area contributed by atoms with Crippen molar-refractivity contribution in [3.8, 4) is 0 Å². The number of hydrogen-bond acceptors (Lipinski definition) is 3. The normalized spacial score (nSPS) is 19.7. The summed E-state index contributed by atoms with van der Waals surface area (Å²) >= 11 is 0. The number of carbonyl (C=O) groups is 1. The number of ether oxygens (including phenoxy) is 1. The van der Waals surface area contributed by atoms with Crippen LogP contribution in [0.5, 0.6) is 0 Å². The molecule has 3 rings (SSSR count). The Kier molecular flexibility index (Phi) is 11.6. The highest BCUT2D eigenvalue weighted by Gasteiger charge is 2.31. The molecule has 1 aromatic carbocycles. The molecule has 1 atom stereocenters. The number of guanidine groups is 1. The van der Waals surface area contributed by atoms with Gasteiger partial charge in [-0.3, -0.25) is 9.79 Å². The fourth-order valence-corrected chi connectivity index (χ4v) is 4.45. The molecule has 6 nitrogen and oxygen atoms in total. The van der Waals surface area contributed by atoms with Gasteiger partial charge in [0.05, 0.1) is 6.61 Å². The highest BCUT2D eigenvalue weighted by molar-refractivity contribution is 14.0. The summed E-state index contributed by atoms with van der Waals surface area (Å²) in [7, 11) is 1.80. The number of halogens is 1. The van der Waals surface area contributed by atoms with E-state index in [2.05, 4.69) is 51.7 Å². The summed E-state index contributed by atoms with van der Waals surface area (Å²) in [6.07, 6.45) is 7.82. The van der Waals surface area contributed by atoms with Crippen LogP contribution in [0.4, 0.5) is 0 Å². The standard InChI is InChI=1S/C24H38N4O2.HI/c1-3-15-30-18-21-12-8-7-11-20(21)16-26-24(25-2)27-22-13-14-28(17-22)23(29)19-9-5-4-6-10-19;/h7-8,11-12,19,22H,3-6,9-10,13-18H2,1-2H3,(H2,25,26,27);1H. The van der Waals surface area contributed by atoms with Gasteiger partial charge < -0.3 is 20.3 Å². The van der Waals surface area contributed by atoms with Crippen LogP contribution < -0.4 is 10.6 Å². The van der Waals surface area contributed by atoms with Crippen LogP contribution in [-0.4, -0.2) is 49.6 Å². The molecule has 174 valence electrons. The van der Waals surface area contributed by atoms with Crippen molar-refractivity contribution < 1.29 is 9.53 Å². The Morgan fingerprint density at radius 3 is 2.61 bits per heavy atom. The van der Waals surface area contributed by atoms with E-state index < -0.39 is 0 Å². The second-order valence-corrected chi connectivity index (χ2v) is 8.50. The van der Waals surface area contributed by atoms with Crippen LogP contribution in [-0.2, 0) is 22.7 Å². The molecular weight excluding hydrogens is 503 g/mol. The average molecular weight is 543 g/mol. The van der Waals surface area contributed by atoms with Gasteiger partial charge in [0.25, 0.3) is 0 Å². The summed E-state index contributed by atoms with van der Waals surface area (Å²) < 4.78 is 5.72. The van der Waals surface area contributed by atoms with Gasteiger partial charge in [0.2, 0.25) is 5.91 Å². The molecule has 1 saturated heterocycles. The van der Waals surface area contributed by atoms with Gasteiger partial charge in [-0.2, -0.15) is 0 Å². The molecule has 1 aliphatic heterocycles. The van der Waals surface area contributed by atoms with Gasteiger partial charge in [-0.25, -0.2) is 0 Å². The van der Waals surface area contributed by atoms with Gasteiger partial charge in [0.1, 0.15) is 0 Å². The topological polar surface area (TPSA) is 66.0 Å². The molecule has 0 spiro atoms. The molecule has 2 aliphatic rings. The molecule has 31 heavy (non-hydrogen) atoms. The molecule has 0 aromatic heterocycles. The van der Waals surface area contributed by atoms with E-state index in [1.165, 1.54) is 30.4 Å². The Labute approximate surface area is 204 Å². The van der Waals surface area contributed by atoms with E-state index in [4.69, 9.17) is 4.74 Å². The minimum absolute atomic E-state index is 0. The van der Waals surface area contributed by atoms with Crippen molar-refractivity contribution in [3.63, 3.8) is 0 Å². The summed E-state index contributed by atoms with van der Waals surface area (Å²) in [5, 5.41) is 6.94. The number of benzene rings is 1. The number of carbonyl (C=O) groups excluding carboxylic acids is 1. The summed E-state index contributed by atoms with van der Waals surface area (Å²) in [5.74, 6) is 1.40. The summed E-state index contributed by atoms with van der Waals surface area (Å²) in [6, 6.07) is 8.62. The molecule has 1 aromatic rings. The first-order chi connectivity index (χ1) is 14.7. The third kappa shape index (κ3) is 7.93. The van der Waals surface area contributed by atoms with Gasteiger partial charge in [0, 0.05) is 45.2 Å². The number of hydrogen-bond donors (Lipinski definition) is 2. The second-order valence-electron chi connectivity index (χ2n) is 8.50. The quantitative estimate of drug-likeness (QED) is 0.225. The lowest BCUT2D eigenvalue weighted by Gasteiger charge is -2.26. The van der Waals surface area contributed by atoms with Gasteiger partial charge in [-0.15, -0.1) is 24.0 Å². The molecule has 2 N–H and O–H groups in total. The van der Waals surface area contributed by atoms with Gasteiger partial charge in [0.15, 0.2) is 5.96 Å². The molecular formula is C24H39IN4O2. The Morgan fingerprint density at radius 2 is 1.90 bits per heavy atom. The molecule has 1 amide bonds. The lowest BCUT2D eigenvalue weighted by molar-refractivity contribution is -0.135. The molecule has 1 unspecified atom stereocenters. The largest absolute Gasteiger partial charge is 0.377 e. The highest BCUT2D eigenvalue weighted by Crippen LogP contribution is 2.26. The number of rotatable bonds is 8. The number of amides is 1. The van der Waals surface area contributed by atoms with Crippen LogP contribution in [0.3, 0.4) is 0 Å². The van der Waals surface area contributed by atoms with E-state index in [1.54, 1.807) is 7.05 Å². The van der Waals surface area contributed by atoms with Gasteiger partial charge >= 0.3 is 0 Å². The number of nitrogens with zero attached hydrogens (tertiary/aromatic N) is 2. The highest BCUT2D eigenvalue weighted by atomic mass is 127.